The van der Waals surface area contributed by atoms with Crippen molar-refractivity contribution < 1.29 is 17.6 Å². The molecular formula is C20H17ClN4O4S2. The quantitative estimate of drug-likeness (QED) is 0.410. The Morgan fingerprint density at radius 1 is 1.32 bits per heavy atom. The van der Waals surface area contributed by atoms with Gasteiger partial charge < -0.3 is 4.42 Å². The number of amides is 1. The molecule has 1 amide bonds. The number of hydrogen-bond donors (Lipinski definition) is 1. The van der Waals surface area contributed by atoms with E-state index < -0.39 is 21.0 Å². The molecule has 8 nitrogen and oxygen atoms in total. The third-order valence-electron chi connectivity index (χ3n) is 4.24. The minimum absolute atomic E-state index is 0.0280. The Kier molecular flexibility index (Phi) is 6.59. The molecule has 160 valence electrons. The minimum atomic E-state index is -3.66. The zero-order valence-electron chi connectivity index (χ0n) is 16.7. The number of aromatic nitrogens is 2. The summed E-state index contributed by atoms with van der Waals surface area (Å²) in [4.78, 5) is 16.3. The lowest BCUT2D eigenvalue weighted by Crippen LogP contribution is -2.16. The van der Waals surface area contributed by atoms with Crippen molar-refractivity contribution in [3.8, 4) is 17.4 Å². The van der Waals surface area contributed by atoms with Crippen LogP contribution in [-0.4, -0.2) is 28.9 Å². The highest BCUT2D eigenvalue weighted by Gasteiger charge is 2.25. The Hall–Kier alpha value is -3.00. The van der Waals surface area contributed by atoms with Gasteiger partial charge in [0.15, 0.2) is 0 Å². The molecule has 0 fully saturated rings. The lowest BCUT2D eigenvalue weighted by atomic mass is 10.1. The number of aryl methyl sites for hydroxylation is 1. The first kappa shape index (κ1) is 22.7. The van der Waals surface area contributed by atoms with Gasteiger partial charge in [-0.15, -0.1) is 0 Å². The Balaban J connectivity index is 1.79. The average Bonchev–Trinajstić information content (AvgIpc) is 3.38. The molecule has 0 spiro atoms. The van der Waals surface area contributed by atoms with Crippen molar-refractivity contribution in [3.63, 3.8) is 0 Å². The van der Waals surface area contributed by atoms with E-state index in [0.717, 1.165) is 11.1 Å². The molecule has 0 aliphatic heterocycles. The number of sulfone groups is 1. The smallest absolute Gasteiger partial charge is 0.268 e. The molecule has 1 aromatic carbocycles. The molecule has 2 aromatic heterocycles. The minimum Gasteiger partial charge on any atom is -0.457 e. The fraction of sp³-hybridized carbons (Fsp3) is 0.200. The fourth-order valence-electron chi connectivity index (χ4n) is 2.37. The van der Waals surface area contributed by atoms with Crippen LogP contribution in [-0.2, 0) is 14.6 Å². The van der Waals surface area contributed by atoms with Gasteiger partial charge in [-0.3, -0.25) is 10.1 Å². The number of furan rings is 1. The van der Waals surface area contributed by atoms with Gasteiger partial charge in [0.2, 0.25) is 15.0 Å². The Labute approximate surface area is 188 Å². The average molecular weight is 477 g/mol. The van der Waals surface area contributed by atoms with Crippen LogP contribution in [0.1, 0.15) is 25.2 Å². The van der Waals surface area contributed by atoms with Gasteiger partial charge in [-0.25, -0.2) is 8.42 Å². The zero-order valence-corrected chi connectivity index (χ0v) is 19.1. The van der Waals surface area contributed by atoms with Crippen molar-refractivity contribution in [2.45, 2.75) is 31.2 Å². The van der Waals surface area contributed by atoms with Gasteiger partial charge in [-0.2, -0.15) is 14.6 Å². The zero-order chi connectivity index (χ0) is 22.8. The SMILES string of the molecule is Cc1ccc(-c2ccc(/C=C(/C#N)C(=O)Nc3nc(S(=O)(=O)C(C)C)ns3)o2)cc1Cl. The number of halogens is 1. The predicted molar refractivity (Wildman–Crippen MR) is 118 cm³/mol. The third-order valence-corrected chi connectivity index (χ3v) is 7.32. The van der Waals surface area contributed by atoms with Crippen LogP contribution in [0.5, 0.6) is 0 Å². The first-order valence-electron chi connectivity index (χ1n) is 8.99. The summed E-state index contributed by atoms with van der Waals surface area (Å²) in [6.07, 6.45) is 1.28. The summed E-state index contributed by atoms with van der Waals surface area (Å²) in [5.74, 6) is 0.0562. The second-order valence-electron chi connectivity index (χ2n) is 6.77. The highest BCUT2D eigenvalue weighted by Crippen LogP contribution is 2.28. The molecule has 31 heavy (non-hydrogen) atoms. The number of hydrogen-bond acceptors (Lipinski definition) is 8. The number of nitriles is 1. The van der Waals surface area contributed by atoms with Crippen LogP contribution >= 0.6 is 23.1 Å². The maximum absolute atomic E-state index is 12.4. The monoisotopic (exact) mass is 476 g/mol. The van der Waals surface area contributed by atoms with Crippen LogP contribution in [0.3, 0.4) is 0 Å². The highest BCUT2D eigenvalue weighted by molar-refractivity contribution is 7.91. The van der Waals surface area contributed by atoms with Crippen LogP contribution in [0.2, 0.25) is 5.02 Å². The maximum atomic E-state index is 12.4. The van der Waals surface area contributed by atoms with Crippen molar-refractivity contribution in [3.05, 3.63) is 52.3 Å². The van der Waals surface area contributed by atoms with E-state index >= 15 is 0 Å². The Morgan fingerprint density at radius 3 is 2.71 bits per heavy atom. The predicted octanol–water partition coefficient (Wildman–Crippen LogP) is 4.49. The van der Waals surface area contributed by atoms with Crippen LogP contribution in [0.25, 0.3) is 17.4 Å². The molecular weight excluding hydrogens is 460 g/mol. The Morgan fingerprint density at radius 2 is 2.06 bits per heavy atom. The van der Waals surface area contributed by atoms with E-state index in [1.54, 1.807) is 24.3 Å². The Bertz CT molecular complexity index is 1320. The lowest BCUT2D eigenvalue weighted by Gasteiger charge is -2.02. The molecule has 0 bridgehead atoms. The molecule has 0 atom stereocenters. The van der Waals surface area contributed by atoms with Gasteiger partial charge in [0.05, 0.1) is 5.25 Å². The lowest BCUT2D eigenvalue weighted by molar-refractivity contribution is -0.112. The highest BCUT2D eigenvalue weighted by atomic mass is 35.5. The molecule has 1 N–H and O–H groups in total. The maximum Gasteiger partial charge on any atom is 0.268 e. The standard InChI is InChI=1S/C20H17ClN4O4S2/c1-11(2)31(27,28)20-24-19(30-25-20)23-18(26)14(10-22)8-15-6-7-17(29-15)13-5-4-12(3)16(21)9-13/h4-9,11H,1-3H3,(H,23,24,25,26)/b14-8-. The number of nitrogens with one attached hydrogen (secondary N) is 1. The summed E-state index contributed by atoms with van der Waals surface area (Å²) in [5.41, 5.74) is 1.44. The van der Waals surface area contributed by atoms with E-state index in [4.69, 9.17) is 16.0 Å². The summed E-state index contributed by atoms with van der Waals surface area (Å²) < 4.78 is 33.7. The number of benzene rings is 1. The second kappa shape index (κ2) is 9.01. The largest absolute Gasteiger partial charge is 0.457 e. The first-order valence-corrected chi connectivity index (χ1v) is 11.7. The third kappa shape index (κ3) is 5.02. The summed E-state index contributed by atoms with van der Waals surface area (Å²) >= 11 is 6.86. The molecule has 0 aliphatic carbocycles. The van der Waals surface area contributed by atoms with E-state index in [9.17, 15) is 18.5 Å². The molecule has 0 unspecified atom stereocenters. The van der Waals surface area contributed by atoms with Gasteiger partial charge in [0, 0.05) is 28.2 Å². The van der Waals surface area contributed by atoms with Gasteiger partial charge in [-0.05, 0) is 44.5 Å². The van der Waals surface area contributed by atoms with Gasteiger partial charge in [0.25, 0.3) is 11.1 Å². The van der Waals surface area contributed by atoms with Crippen molar-refractivity contribution >= 4 is 50.1 Å². The number of carbonyl (C=O) groups excluding carboxylic acids is 1. The van der Waals surface area contributed by atoms with E-state index in [2.05, 4.69) is 14.7 Å². The second-order valence-corrected chi connectivity index (χ2v) is 10.3. The van der Waals surface area contributed by atoms with Gasteiger partial charge >= 0.3 is 0 Å². The van der Waals surface area contributed by atoms with E-state index in [0.29, 0.717) is 28.1 Å². The van der Waals surface area contributed by atoms with Gasteiger partial charge in [-0.1, -0.05) is 23.7 Å². The number of rotatable bonds is 6. The van der Waals surface area contributed by atoms with E-state index in [-0.39, 0.29) is 15.9 Å². The van der Waals surface area contributed by atoms with Gasteiger partial charge in [0.1, 0.15) is 23.2 Å². The summed E-state index contributed by atoms with van der Waals surface area (Å²) in [6.45, 7) is 4.90. The van der Waals surface area contributed by atoms with Crippen molar-refractivity contribution in [1.29, 1.82) is 5.26 Å². The summed E-state index contributed by atoms with van der Waals surface area (Å²) in [6, 6.07) is 10.6. The molecule has 3 aromatic rings. The molecule has 0 saturated carbocycles. The van der Waals surface area contributed by atoms with E-state index in [1.807, 2.05) is 19.1 Å². The topological polar surface area (TPSA) is 126 Å². The molecule has 3 rings (SSSR count). The number of nitrogens with zero attached hydrogens (tertiary/aromatic N) is 3. The van der Waals surface area contributed by atoms with Crippen LogP contribution in [0, 0.1) is 18.3 Å². The van der Waals surface area contributed by atoms with Crippen LogP contribution < -0.4 is 5.32 Å². The molecule has 0 aliphatic rings. The van der Waals surface area contributed by atoms with Crippen LogP contribution in [0.15, 0.2) is 45.5 Å². The molecule has 0 radical (unpaired) electrons. The van der Waals surface area contributed by atoms with E-state index in [1.165, 1.54) is 19.9 Å². The van der Waals surface area contributed by atoms with Crippen molar-refractivity contribution in [1.82, 2.24) is 9.36 Å². The van der Waals surface area contributed by atoms with Crippen molar-refractivity contribution in [2.24, 2.45) is 0 Å². The summed E-state index contributed by atoms with van der Waals surface area (Å²) in [5, 5.41) is 11.3. The first-order chi connectivity index (χ1) is 14.6. The molecule has 11 heteroatoms. The fourth-order valence-corrected chi connectivity index (χ4v) is 4.25. The molecule has 0 saturated heterocycles. The normalized spacial score (nSPS) is 12.1. The number of anilines is 1. The molecule has 2 heterocycles. The number of carbonyl (C=O) groups is 1. The van der Waals surface area contributed by atoms with Crippen molar-refractivity contribution in [2.75, 3.05) is 5.32 Å². The summed E-state index contributed by atoms with van der Waals surface area (Å²) in [7, 11) is -3.66. The van der Waals surface area contributed by atoms with Crippen LogP contribution in [0.4, 0.5) is 5.13 Å².